The van der Waals surface area contributed by atoms with E-state index in [2.05, 4.69) is 22.0 Å². The predicted octanol–water partition coefficient (Wildman–Crippen LogP) is 3.50. The number of halogens is 3. The van der Waals surface area contributed by atoms with Gasteiger partial charge in [0.05, 0.1) is 6.04 Å². The van der Waals surface area contributed by atoms with Crippen molar-refractivity contribution in [1.29, 1.82) is 0 Å². The van der Waals surface area contributed by atoms with Gasteiger partial charge in [-0.2, -0.15) is 0 Å². The van der Waals surface area contributed by atoms with Gasteiger partial charge in [0.2, 0.25) is 0 Å². The van der Waals surface area contributed by atoms with Crippen LogP contribution in [0.25, 0.3) is 0 Å². The lowest BCUT2D eigenvalue weighted by atomic mass is 10.0. The second-order valence-corrected chi connectivity index (χ2v) is 7.28. The van der Waals surface area contributed by atoms with Gasteiger partial charge in [-0.05, 0) is 43.8 Å². The summed E-state index contributed by atoms with van der Waals surface area (Å²) in [6.07, 6.45) is 0. The Morgan fingerprint density at radius 2 is 1.73 bits per heavy atom. The molecule has 1 saturated heterocycles. The summed E-state index contributed by atoms with van der Waals surface area (Å²) in [6.45, 7) is 7.92. The van der Waals surface area contributed by atoms with E-state index in [1.807, 2.05) is 0 Å². The van der Waals surface area contributed by atoms with Gasteiger partial charge < -0.3 is 19.9 Å². The van der Waals surface area contributed by atoms with E-state index in [-0.39, 0.29) is 11.6 Å². The van der Waals surface area contributed by atoms with E-state index < -0.39 is 30.2 Å². The third-order valence-corrected chi connectivity index (χ3v) is 5.25. The monoisotopic (exact) mass is 421 g/mol. The topological polar surface area (TPSA) is 44.8 Å². The van der Waals surface area contributed by atoms with E-state index in [0.29, 0.717) is 11.6 Å². The van der Waals surface area contributed by atoms with E-state index in [0.717, 1.165) is 50.5 Å². The standard InChI is InChI=1S/C22H26F3N3O2/c1-3-27-8-10-28(11-9-27)20-6-4-16(23)12-18(20)15(2)26-22(29)14-30-21-7-5-17(24)13-19(21)25/h4-7,12-13,15H,3,8-11,14H2,1-2H3,(H,26,29). The number of carbonyl (C=O) groups excluding carboxylic acids is 1. The van der Waals surface area contributed by atoms with Crippen molar-refractivity contribution in [2.75, 3.05) is 44.2 Å². The first kappa shape index (κ1) is 22.0. The largest absolute Gasteiger partial charge is 0.481 e. The van der Waals surface area contributed by atoms with Gasteiger partial charge in [-0.25, -0.2) is 13.2 Å². The SMILES string of the molecule is CCN1CCN(c2ccc(F)cc2C(C)NC(=O)COc2ccc(F)cc2F)CC1. The molecular weight excluding hydrogens is 395 g/mol. The van der Waals surface area contributed by atoms with Crippen molar-refractivity contribution in [2.45, 2.75) is 19.9 Å². The summed E-state index contributed by atoms with van der Waals surface area (Å²) in [5.74, 6) is -2.69. The molecule has 1 aliphatic heterocycles. The summed E-state index contributed by atoms with van der Waals surface area (Å²) in [6, 6.07) is 6.96. The third-order valence-electron chi connectivity index (χ3n) is 5.25. The van der Waals surface area contributed by atoms with Gasteiger partial charge >= 0.3 is 0 Å². The maximum atomic E-state index is 13.9. The molecule has 0 spiro atoms. The second kappa shape index (κ2) is 9.84. The lowest BCUT2D eigenvalue weighted by Crippen LogP contribution is -2.46. The molecule has 8 heteroatoms. The summed E-state index contributed by atoms with van der Waals surface area (Å²) >= 11 is 0. The second-order valence-electron chi connectivity index (χ2n) is 7.28. The van der Waals surface area contributed by atoms with Crippen LogP contribution >= 0.6 is 0 Å². The van der Waals surface area contributed by atoms with Gasteiger partial charge in [0, 0.05) is 43.5 Å². The molecule has 1 amide bonds. The average molecular weight is 421 g/mol. The van der Waals surface area contributed by atoms with Crippen LogP contribution in [-0.4, -0.2) is 50.1 Å². The summed E-state index contributed by atoms with van der Waals surface area (Å²) in [7, 11) is 0. The van der Waals surface area contributed by atoms with Crippen molar-refractivity contribution in [3.63, 3.8) is 0 Å². The van der Waals surface area contributed by atoms with E-state index in [1.54, 1.807) is 13.0 Å². The molecule has 1 heterocycles. The molecule has 0 aliphatic carbocycles. The average Bonchev–Trinajstić information content (AvgIpc) is 2.73. The van der Waals surface area contributed by atoms with Crippen LogP contribution in [0.3, 0.4) is 0 Å². The zero-order valence-corrected chi connectivity index (χ0v) is 17.1. The maximum absolute atomic E-state index is 13.9. The van der Waals surface area contributed by atoms with Gasteiger partial charge in [-0.1, -0.05) is 6.92 Å². The lowest BCUT2D eigenvalue weighted by Gasteiger charge is -2.37. The highest BCUT2D eigenvalue weighted by atomic mass is 19.1. The first-order chi connectivity index (χ1) is 14.4. The molecule has 2 aromatic carbocycles. The smallest absolute Gasteiger partial charge is 0.258 e. The number of hydrogen-bond acceptors (Lipinski definition) is 4. The number of ether oxygens (including phenoxy) is 1. The summed E-state index contributed by atoms with van der Waals surface area (Å²) in [5.41, 5.74) is 1.55. The Hall–Kier alpha value is -2.74. The zero-order chi connectivity index (χ0) is 21.7. The molecule has 3 rings (SSSR count). The minimum Gasteiger partial charge on any atom is -0.481 e. The summed E-state index contributed by atoms with van der Waals surface area (Å²) < 4.78 is 45.7. The number of likely N-dealkylation sites (N-methyl/N-ethyl adjacent to an activating group) is 1. The Labute approximate surface area is 174 Å². The van der Waals surface area contributed by atoms with Gasteiger partial charge in [0.25, 0.3) is 5.91 Å². The summed E-state index contributed by atoms with van der Waals surface area (Å²) in [4.78, 5) is 16.8. The number of anilines is 1. The van der Waals surface area contributed by atoms with Crippen molar-refractivity contribution < 1.29 is 22.7 Å². The minimum atomic E-state index is -0.880. The van der Waals surface area contributed by atoms with Gasteiger partial charge in [-0.3, -0.25) is 4.79 Å². The van der Waals surface area contributed by atoms with Crippen LogP contribution in [0.5, 0.6) is 5.75 Å². The summed E-state index contributed by atoms with van der Waals surface area (Å²) in [5, 5.41) is 2.76. The van der Waals surface area contributed by atoms with Crippen LogP contribution in [-0.2, 0) is 4.79 Å². The first-order valence-corrected chi connectivity index (χ1v) is 10.0. The maximum Gasteiger partial charge on any atom is 0.258 e. The Bertz CT molecular complexity index is 886. The Morgan fingerprint density at radius 3 is 2.40 bits per heavy atom. The minimum absolute atomic E-state index is 0.209. The van der Waals surface area contributed by atoms with E-state index >= 15 is 0 Å². The molecule has 1 unspecified atom stereocenters. The Kier molecular flexibility index (Phi) is 7.20. The molecular formula is C22H26F3N3O2. The van der Waals surface area contributed by atoms with Crippen molar-refractivity contribution >= 4 is 11.6 Å². The number of nitrogens with one attached hydrogen (secondary N) is 1. The Balaban J connectivity index is 1.65. The van der Waals surface area contributed by atoms with E-state index in [9.17, 15) is 18.0 Å². The molecule has 1 atom stereocenters. The van der Waals surface area contributed by atoms with Crippen molar-refractivity contribution in [2.24, 2.45) is 0 Å². The molecule has 162 valence electrons. The number of benzene rings is 2. The lowest BCUT2D eigenvalue weighted by molar-refractivity contribution is -0.123. The normalized spacial score (nSPS) is 15.7. The van der Waals surface area contributed by atoms with E-state index in [1.165, 1.54) is 12.1 Å². The third kappa shape index (κ3) is 5.44. The number of hydrogen-bond donors (Lipinski definition) is 1. The zero-order valence-electron chi connectivity index (χ0n) is 17.1. The van der Waals surface area contributed by atoms with Gasteiger partial charge in [0.15, 0.2) is 18.2 Å². The molecule has 0 bridgehead atoms. The number of carbonyl (C=O) groups is 1. The number of piperazine rings is 1. The fourth-order valence-corrected chi connectivity index (χ4v) is 3.56. The molecule has 30 heavy (non-hydrogen) atoms. The number of rotatable bonds is 7. The molecule has 0 saturated carbocycles. The molecule has 2 aromatic rings. The van der Waals surface area contributed by atoms with Crippen LogP contribution < -0.4 is 15.0 Å². The fourth-order valence-electron chi connectivity index (χ4n) is 3.56. The molecule has 1 fully saturated rings. The van der Waals surface area contributed by atoms with Gasteiger partial charge in [0.1, 0.15) is 11.6 Å². The highest BCUT2D eigenvalue weighted by Crippen LogP contribution is 2.28. The fraction of sp³-hybridized carbons (Fsp3) is 0.409. The molecule has 0 radical (unpaired) electrons. The van der Waals surface area contributed by atoms with Crippen molar-refractivity contribution in [3.8, 4) is 5.75 Å². The van der Waals surface area contributed by atoms with Crippen LogP contribution in [0, 0.1) is 17.5 Å². The molecule has 5 nitrogen and oxygen atoms in total. The van der Waals surface area contributed by atoms with Crippen molar-refractivity contribution in [1.82, 2.24) is 10.2 Å². The van der Waals surface area contributed by atoms with Crippen LogP contribution in [0.15, 0.2) is 36.4 Å². The predicted molar refractivity (Wildman–Crippen MR) is 109 cm³/mol. The number of nitrogens with zero attached hydrogens (tertiary/aromatic N) is 2. The van der Waals surface area contributed by atoms with Gasteiger partial charge in [-0.15, -0.1) is 0 Å². The highest BCUT2D eigenvalue weighted by Gasteiger charge is 2.22. The first-order valence-electron chi connectivity index (χ1n) is 10.0. The van der Waals surface area contributed by atoms with Crippen LogP contribution in [0.1, 0.15) is 25.5 Å². The quantitative estimate of drug-likeness (QED) is 0.743. The van der Waals surface area contributed by atoms with Crippen LogP contribution in [0.2, 0.25) is 0 Å². The van der Waals surface area contributed by atoms with Crippen molar-refractivity contribution in [3.05, 3.63) is 59.4 Å². The highest BCUT2D eigenvalue weighted by molar-refractivity contribution is 5.78. The molecule has 1 aliphatic rings. The molecule has 0 aromatic heterocycles. The van der Waals surface area contributed by atoms with E-state index in [4.69, 9.17) is 4.74 Å². The Morgan fingerprint density at radius 1 is 1.07 bits per heavy atom. The molecule has 1 N–H and O–H groups in total. The van der Waals surface area contributed by atoms with Crippen LogP contribution in [0.4, 0.5) is 18.9 Å². The number of amides is 1.